The fraction of sp³-hybridized carbons (Fsp3) is 0.533. The molecule has 1 aromatic rings. The Hall–Kier alpha value is -1.28. The van der Waals surface area contributed by atoms with Crippen LogP contribution < -0.4 is 20.5 Å². The fourth-order valence-electron chi connectivity index (χ4n) is 1.90. The van der Waals surface area contributed by atoms with Crippen molar-refractivity contribution in [3.8, 4) is 5.75 Å². The van der Waals surface area contributed by atoms with E-state index in [0.29, 0.717) is 18.1 Å². The Morgan fingerprint density at radius 3 is 2.52 bits per heavy atom. The predicted octanol–water partition coefficient (Wildman–Crippen LogP) is 1.90. The first kappa shape index (κ1) is 25.7. The molecular formula is C15H24F3IN4O3S. The maximum absolute atomic E-state index is 12.4. The molecule has 0 amide bonds. The van der Waals surface area contributed by atoms with Gasteiger partial charge in [-0.1, -0.05) is 12.1 Å². The van der Waals surface area contributed by atoms with Gasteiger partial charge in [-0.15, -0.1) is 24.0 Å². The van der Waals surface area contributed by atoms with Crippen LogP contribution in [0.3, 0.4) is 0 Å². The van der Waals surface area contributed by atoms with Crippen molar-refractivity contribution in [2.75, 3.05) is 25.4 Å². The summed E-state index contributed by atoms with van der Waals surface area (Å²) < 4.78 is 63.9. The van der Waals surface area contributed by atoms with Gasteiger partial charge in [0.1, 0.15) is 5.75 Å². The highest BCUT2D eigenvalue weighted by Crippen LogP contribution is 2.24. The number of primary sulfonamides is 1. The van der Waals surface area contributed by atoms with E-state index in [2.05, 4.69) is 15.6 Å². The van der Waals surface area contributed by atoms with Crippen LogP contribution in [0.1, 0.15) is 18.1 Å². The van der Waals surface area contributed by atoms with Crippen LogP contribution in [-0.4, -0.2) is 46.0 Å². The summed E-state index contributed by atoms with van der Waals surface area (Å²) in [4.78, 5) is 4.24. The van der Waals surface area contributed by atoms with Crippen LogP contribution in [0.5, 0.6) is 5.75 Å². The summed E-state index contributed by atoms with van der Waals surface area (Å²) in [5.74, 6) is 0.145. The van der Waals surface area contributed by atoms with Crippen molar-refractivity contribution in [2.24, 2.45) is 10.1 Å². The smallest absolute Gasteiger partial charge is 0.422 e. The lowest BCUT2D eigenvalue weighted by atomic mass is 10.1. The molecule has 1 aromatic carbocycles. The summed E-state index contributed by atoms with van der Waals surface area (Å²) in [6, 6.07) is 4.89. The first-order chi connectivity index (χ1) is 12.0. The molecule has 0 heterocycles. The number of aliphatic imine (C=N–C) groups is 1. The monoisotopic (exact) mass is 524 g/mol. The molecule has 0 aliphatic carbocycles. The molecule has 4 N–H and O–H groups in total. The largest absolute Gasteiger partial charge is 0.484 e. The molecule has 0 radical (unpaired) electrons. The summed E-state index contributed by atoms with van der Waals surface area (Å²) >= 11 is 0. The van der Waals surface area contributed by atoms with E-state index < -0.39 is 22.8 Å². The van der Waals surface area contributed by atoms with Crippen LogP contribution in [0.25, 0.3) is 0 Å². The van der Waals surface area contributed by atoms with Gasteiger partial charge in [0.15, 0.2) is 12.6 Å². The molecular weight excluding hydrogens is 500 g/mol. The molecule has 0 saturated heterocycles. The molecule has 1 rings (SSSR count). The fourth-order valence-corrected chi connectivity index (χ4v) is 2.29. The third-order valence-electron chi connectivity index (χ3n) is 3.04. The number of alkyl halides is 3. The van der Waals surface area contributed by atoms with E-state index in [4.69, 9.17) is 9.88 Å². The van der Waals surface area contributed by atoms with E-state index in [1.165, 1.54) is 6.07 Å². The van der Waals surface area contributed by atoms with E-state index >= 15 is 0 Å². The Bertz CT molecular complexity index is 728. The van der Waals surface area contributed by atoms with E-state index in [0.717, 1.165) is 5.56 Å². The molecule has 7 nitrogen and oxygen atoms in total. The van der Waals surface area contributed by atoms with Gasteiger partial charge >= 0.3 is 6.18 Å². The lowest BCUT2D eigenvalue weighted by Crippen LogP contribution is -2.40. The summed E-state index contributed by atoms with van der Waals surface area (Å²) in [5.41, 5.74) is 1.23. The lowest BCUT2D eigenvalue weighted by Gasteiger charge is -2.14. The van der Waals surface area contributed by atoms with Crippen LogP contribution in [0.4, 0.5) is 13.2 Å². The minimum Gasteiger partial charge on any atom is -0.484 e. The number of rotatable bonds is 8. The van der Waals surface area contributed by atoms with Gasteiger partial charge in [-0.05, 0) is 25.5 Å². The van der Waals surface area contributed by atoms with Crippen LogP contribution in [0.15, 0.2) is 23.2 Å². The summed E-state index contributed by atoms with van der Waals surface area (Å²) in [5, 5.41) is 10.6. The molecule has 0 fully saturated rings. The highest BCUT2D eigenvalue weighted by Gasteiger charge is 2.28. The molecule has 0 spiro atoms. The number of aryl methyl sites for hydroxylation is 1. The second-order valence-electron chi connectivity index (χ2n) is 5.50. The van der Waals surface area contributed by atoms with E-state index in [1.54, 1.807) is 19.1 Å². The van der Waals surface area contributed by atoms with Crippen LogP contribution in [0, 0.1) is 6.92 Å². The van der Waals surface area contributed by atoms with Crippen molar-refractivity contribution < 1.29 is 26.3 Å². The van der Waals surface area contributed by atoms with Crippen LogP contribution in [0.2, 0.25) is 0 Å². The quantitative estimate of drug-likeness (QED) is 0.274. The molecule has 156 valence electrons. The molecule has 12 heteroatoms. The van der Waals surface area contributed by atoms with E-state index in [1.807, 2.05) is 6.92 Å². The van der Waals surface area contributed by atoms with E-state index in [-0.39, 0.29) is 48.6 Å². The van der Waals surface area contributed by atoms with Gasteiger partial charge in [-0.25, -0.2) is 18.5 Å². The average molecular weight is 524 g/mol. The van der Waals surface area contributed by atoms with Gasteiger partial charge in [0, 0.05) is 18.7 Å². The normalized spacial score (nSPS) is 12.3. The minimum atomic E-state index is -4.44. The van der Waals surface area contributed by atoms with Crippen molar-refractivity contribution in [1.29, 1.82) is 0 Å². The molecule has 0 aliphatic rings. The minimum absolute atomic E-state index is 0. The number of hydrogen-bond donors (Lipinski definition) is 3. The van der Waals surface area contributed by atoms with Crippen molar-refractivity contribution in [3.63, 3.8) is 0 Å². The second kappa shape index (κ2) is 11.5. The Balaban J connectivity index is 0.00000676. The predicted molar refractivity (Wildman–Crippen MR) is 109 cm³/mol. The number of sulfonamides is 1. The van der Waals surface area contributed by atoms with Gasteiger partial charge in [-0.2, -0.15) is 13.2 Å². The van der Waals surface area contributed by atoms with Gasteiger partial charge in [0.05, 0.1) is 12.3 Å². The first-order valence-corrected chi connectivity index (χ1v) is 9.53. The zero-order valence-electron chi connectivity index (χ0n) is 15.0. The standard InChI is InChI=1S/C15H23F3N4O3S.HI/c1-3-20-14(21-6-7-26(19,23)24)22-9-12-5-4-11(2)8-13(12)25-10-15(16,17)18;/h4-5,8H,3,6-7,9-10H2,1-2H3,(H2,19,23,24)(H2,20,21,22);1H. The van der Waals surface area contributed by atoms with Gasteiger partial charge in [0.25, 0.3) is 0 Å². The molecule has 0 saturated carbocycles. The van der Waals surface area contributed by atoms with Crippen LogP contribution in [-0.2, 0) is 16.6 Å². The highest BCUT2D eigenvalue weighted by atomic mass is 127. The van der Waals surface area contributed by atoms with E-state index in [9.17, 15) is 21.6 Å². The zero-order chi connectivity index (χ0) is 19.8. The summed E-state index contributed by atoms with van der Waals surface area (Å²) in [7, 11) is -3.61. The highest BCUT2D eigenvalue weighted by molar-refractivity contribution is 14.0. The second-order valence-corrected chi connectivity index (χ2v) is 7.24. The molecule has 0 aliphatic heterocycles. The lowest BCUT2D eigenvalue weighted by molar-refractivity contribution is -0.153. The number of guanidine groups is 1. The van der Waals surface area contributed by atoms with Crippen LogP contribution >= 0.6 is 24.0 Å². The Labute approximate surface area is 174 Å². The maximum Gasteiger partial charge on any atom is 0.422 e. The number of halogens is 4. The van der Waals surface area contributed by atoms with Gasteiger partial charge < -0.3 is 15.4 Å². The van der Waals surface area contributed by atoms with Crippen molar-refractivity contribution in [3.05, 3.63) is 29.3 Å². The Morgan fingerprint density at radius 2 is 1.96 bits per heavy atom. The van der Waals surface area contributed by atoms with Crippen molar-refractivity contribution in [1.82, 2.24) is 10.6 Å². The number of hydrogen-bond acceptors (Lipinski definition) is 4. The number of nitrogens with one attached hydrogen (secondary N) is 2. The summed E-state index contributed by atoms with van der Waals surface area (Å²) in [6.07, 6.45) is -4.44. The molecule has 0 bridgehead atoms. The zero-order valence-corrected chi connectivity index (χ0v) is 18.1. The molecule has 0 unspecified atom stereocenters. The first-order valence-electron chi connectivity index (χ1n) is 7.82. The van der Waals surface area contributed by atoms with Crippen molar-refractivity contribution >= 4 is 40.0 Å². The maximum atomic E-state index is 12.4. The molecule has 0 aromatic heterocycles. The Morgan fingerprint density at radius 1 is 1.30 bits per heavy atom. The number of benzene rings is 1. The summed E-state index contributed by atoms with van der Waals surface area (Å²) in [6.45, 7) is 2.80. The third kappa shape index (κ3) is 11.9. The molecule has 27 heavy (non-hydrogen) atoms. The third-order valence-corrected chi connectivity index (χ3v) is 3.82. The van der Waals surface area contributed by atoms with Gasteiger partial charge in [0.2, 0.25) is 10.0 Å². The average Bonchev–Trinajstić information content (AvgIpc) is 2.49. The number of ether oxygens (including phenoxy) is 1. The number of nitrogens with two attached hydrogens (primary N) is 1. The number of nitrogens with zero attached hydrogens (tertiary/aromatic N) is 1. The SMILES string of the molecule is CCNC(=NCc1ccc(C)cc1OCC(F)(F)F)NCCS(N)(=O)=O.I. The topological polar surface area (TPSA) is 106 Å². The molecule has 0 atom stereocenters. The van der Waals surface area contributed by atoms with Crippen molar-refractivity contribution in [2.45, 2.75) is 26.6 Å². The van der Waals surface area contributed by atoms with Gasteiger partial charge in [-0.3, -0.25) is 0 Å². The Kier molecular flexibility index (Phi) is 11.0.